The molecular formula is C11H21N3O2. The molecule has 0 aromatic rings. The van der Waals surface area contributed by atoms with Crippen LogP contribution in [0, 0.1) is 5.92 Å². The molecule has 2 atom stereocenters. The molecule has 5 heteroatoms. The van der Waals surface area contributed by atoms with Gasteiger partial charge in [-0.1, -0.05) is 0 Å². The van der Waals surface area contributed by atoms with E-state index in [0.29, 0.717) is 0 Å². The molecular weight excluding hydrogens is 206 g/mol. The van der Waals surface area contributed by atoms with Gasteiger partial charge in [-0.25, -0.2) is 0 Å². The smallest absolute Gasteiger partial charge is 0.239 e. The summed E-state index contributed by atoms with van der Waals surface area (Å²) in [5.41, 5.74) is 5.73. The standard InChI is InChI=1S/C11H21N3O2/c1-7(2)14-10(15)6-13-11(16)8-3-4-9(12)5-8/h7-9H,3-6,12H2,1-2H3,(H,13,16)(H,14,15). The highest BCUT2D eigenvalue weighted by Gasteiger charge is 2.27. The van der Waals surface area contributed by atoms with Crippen molar-refractivity contribution >= 4 is 11.8 Å². The van der Waals surface area contributed by atoms with Gasteiger partial charge >= 0.3 is 0 Å². The van der Waals surface area contributed by atoms with Crippen LogP contribution in [-0.2, 0) is 9.59 Å². The summed E-state index contributed by atoms with van der Waals surface area (Å²) in [5.74, 6) is -0.209. The van der Waals surface area contributed by atoms with Crippen LogP contribution in [0.15, 0.2) is 0 Å². The second kappa shape index (κ2) is 5.84. The van der Waals surface area contributed by atoms with E-state index in [-0.39, 0.29) is 36.4 Å². The number of carbonyl (C=O) groups is 2. The first-order valence-electron chi connectivity index (χ1n) is 5.81. The summed E-state index contributed by atoms with van der Waals surface area (Å²) in [7, 11) is 0. The second-order valence-electron chi connectivity index (χ2n) is 4.71. The number of carbonyl (C=O) groups excluding carboxylic acids is 2. The number of rotatable bonds is 4. The predicted molar refractivity (Wildman–Crippen MR) is 61.6 cm³/mol. The molecule has 1 rings (SSSR count). The van der Waals surface area contributed by atoms with Gasteiger partial charge in [0, 0.05) is 18.0 Å². The molecule has 0 radical (unpaired) electrons. The Morgan fingerprint density at radius 3 is 2.56 bits per heavy atom. The van der Waals surface area contributed by atoms with Crippen molar-refractivity contribution in [2.75, 3.05) is 6.54 Å². The molecule has 1 aliphatic rings. The van der Waals surface area contributed by atoms with Gasteiger partial charge in [0.05, 0.1) is 6.54 Å². The number of amides is 2. The average Bonchev–Trinajstić information content (AvgIpc) is 2.60. The van der Waals surface area contributed by atoms with E-state index in [0.717, 1.165) is 19.3 Å². The van der Waals surface area contributed by atoms with Crippen LogP contribution in [0.5, 0.6) is 0 Å². The van der Waals surface area contributed by atoms with E-state index < -0.39 is 0 Å². The van der Waals surface area contributed by atoms with Crippen molar-refractivity contribution in [1.29, 1.82) is 0 Å². The molecule has 1 saturated carbocycles. The SMILES string of the molecule is CC(C)NC(=O)CNC(=O)C1CCC(N)C1. The van der Waals surface area contributed by atoms with E-state index in [1.165, 1.54) is 0 Å². The summed E-state index contributed by atoms with van der Waals surface area (Å²) in [6.45, 7) is 3.83. The highest BCUT2D eigenvalue weighted by Crippen LogP contribution is 2.23. The van der Waals surface area contributed by atoms with Gasteiger partial charge in [0.2, 0.25) is 11.8 Å². The highest BCUT2D eigenvalue weighted by molar-refractivity contribution is 5.86. The molecule has 0 spiro atoms. The van der Waals surface area contributed by atoms with Crippen LogP contribution in [0.1, 0.15) is 33.1 Å². The second-order valence-corrected chi connectivity index (χ2v) is 4.71. The molecule has 0 aromatic carbocycles. The zero-order chi connectivity index (χ0) is 12.1. The third kappa shape index (κ3) is 4.18. The fourth-order valence-electron chi connectivity index (χ4n) is 1.94. The highest BCUT2D eigenvalue weighted by atomic mass is 16.2. The molecule has 0 heterocycles. The zero-order valence-corrected chi connectivity index (χ0v) is 9.95. The monoisotopic (exact) mass is 227 g/mol. The van der Waals surface area contributed by atoms with E-state index in [4.69, 9.17) is 5.73 Å². The van der Waals surface area contributed by atoms with Crippen molar-refractivity contribution in [1.82, 2.24) is 10.6 Å². The number of hydrogen-bond donors (Lipinski definition) is 3. The van der Waals surface area contributed by atoms with Crippen LogP contribution in [0.4, 0.5) is 0 Å². The molecule has 16 heavy (non-hydrogen) atoms. The topological polar surface area (TPSA) is 84.2 Å². The van der Waals surface area contributed by atoms with Gasteiger partial charge in [-0.15, -0.1) is 0 Å². The van der Waals surface area contributed by atoms with Gasteiger partial charge in [0.15, 0.2) is 0 Å². The number of nitrogens with two attached hydrogens (primary N) is 1. The molecule has 2 amide bonds. The Labute approximate surface area is 96.1 Å². The lowest BCUT2D eigenvalue weighted by Gasteiger charge is -2.12. The first kappa shape index (κ1) is 13.0. The molecule has 4 N–H and O–H groups in total. The zero-order valence-electron chi connectivity index (χ0n) is 9.95. The third-order valence-corrected chi connectivity index (χ3v) is 2.72. The Morgan fingerprint density at radius 2 is 2.06 bits per heavy atom. The largest absolute Gasteiger partial charge is 0.352 e. The van der Waals surface area contributed by atoms with Crippen LogP contribution in [-0.4, -0.2) is 30.4 Å². The molecule has 0 saturated heterocycles. The van der Waals surface area contributed by atoms with Gasteiger partial charge in [-0.05, 0) is 33.1 Å². The van der Waals surface area contributed by atoms with E-state index in [2.05, 4.69) is 10.6 Å². The Hall–Kier alpha value is -1.10. The predicted octanol–water partition coefficient (Wildman–Crippen LogP) is -0.245. The minimum absolute atomic E-state index is 0.0122. The Morgan fingerprint density at radius 1 is 1.38 bits per heavy atom. The third-order valence-electron chi connectivity index (χ3n) is 2.72. The Balaban J connectivity index is 2.22. The van der Waals surface area contributed by atoms with Crippen molar-refractivity contribution in [2.24, 2.45) is 11.7 Å². The van der Waals surface area contributed by atoms with Crippen molar-refractivity contribution in [3.8, 4) is 0 Å². The van der Waals surface area contributed by atoms with E-state index in [1.807, 2.05) is 13.8 Å². The molecule has 0 aromatic heterocycles. The lowest BCUT2D eigenvalue weighted by Crippen LogP contribution is -2.41. The molecule has 0 bridgehead atoms. The molecule has 1 fully saturated rings. The number of hydrogen-bond acceptors (Lipinski definition) is 3. The summed E-state index contributed by atoms with van der Waals surface area (Å²) < 4.78 is 0. The summed E-state index contributed by atoms with van der Waals surface area (Å²) in [6.07, 6.45) is 2.46. The molecule has 0 aliphatic heterocycles. The summed E-state index contributed by atoms with van der Waals surface area (Å²) in [5, 5.41) is 5.36. The van der Waals surface area contributed by atoms with Gasteiger partial charge in [0.25, 0.3) is 0 Å². The lowest BCUT2D eigenvalue weighted by molar-refractivity contribution is -0.128. The van der Waals surface area contributed by atoms with Crippen LogP contribution in [0.3, 0.4) is 0 Å². The fraction of sp³-hybridized carbons (Fsp3) is 0.818. The Kier molecular flexibility index (Phi) is 4.73. The van der Waals surface area contributed by atoms with Gasteiger partial charge < -0.3 is 16.4 Å². The maximum Gasteiger partial charge on any atom is 0.239 e. The first-order chi connectivity index (χ1) is 7.49. The maximum absolute atomic E-state index is 11.6. The van der Waals surface area contributed by atoms with Crippen molar-refractivity contribution in [2.45, 2.75) is 45.2 Å². The summed E-state index contributed by atoms with van der Waals surface area (Å²) >= 11 is 0. The van der Waals surface area contributed by atoms with E-state index in [9.17, 15) is 9.59 Å². The Bertz CT molecular complexity index is 266. The van der Waals surface area contributed by atoms with E-state index >= 15 is 0 Å². The van der Waals surface area contributed by atoms with Crippen molar-refractivity contribution in [3.05, 3.63) is 0 Å². The van der Waals surface area contributed by atoms with E-state index in [1.54, 1.807) is 0 Å². The van der Waals surface area contributed by atoms with Crippen LogP contribution < -0.4 is 16.4 Å². The van der Waals surface area contributed by atoms with Crippen molar-refractivity contribution < 1.29 is 9.59 Å². The summed E-state index contributed by atoms with van der Waals surface area (Å²) in [6, 6.07) is 0.240. The summed E-state index contributed by atoms with van der Waals surface area (Å²) in [4.78, 5) is 22.9. The minimum atomic E-state index is -0.148. The lowest BCUT2D eigenvalue weighted by atomic mass is 10.1. The molecule has 1 aliphatic carbocycles. The average molecular weight is 227 g/mol. The van der Waals surface area contributed by atoms with Gasteiger partial charge in [0.1, 0.15) is 0 Å². The van der Waals surface area contributed by atoms with Crippen LogP contribution >= 0.6 is 0 Å². The molecule has 2 unspecified atom stereocenters. The normalized spacial score (nSPS) is 24.5. The van der Waals surface area contributed by atoms with Gasteiger partial charge in [-0.3, -0.25) is 9.59 Å². The van der Waals surface area contributed by atoms with Crippen LogP contribution in [0.2, 0.25) is 0 Å². The van der Waals surface area contributed by atoms with Gasteiger partial charge in [-0.2, -0.15) is 0 Å². The fourth-order valence-corrected chi connectivity index (χ4v) is 1.94. The first-order valence-corrected chi connectivity index (χ1v) is 5.81. The molecule has 92 valence electrons. The maximum atomic E-state index is 11.6. The van der Waals surface area contributed by atoms with Crippen molar-refractivity contribution in [3.63, 3.8) is 0 Å². The quantitative estimate of drug-likeness (QED) is 0.619. The van der Waals surface area contributed by atoms with Crippen LogP contribution in [0.25, 0.3) is 0 Å². The number of nitrogens with one attached hydrogen (secondary N) is 2. The molecule has 5 nitrogen and oxygen atoms in total. The minimum Gasteiger partial charge on any atom is -0.352 e.